The summed E-state index contributed by atoms with van der Waals surface area (Å²) in [6.45, 7) is 8.01. The molecule has 25 heavy (non-hydrogen) atoms. The second-order valence-corrected chi connectivity index (χ2v) is 10.5. The van der Waals surface area contributed by atoms with E-state index in [-0.39, 0.29) is 16.3 Å². The third-order valence-electron chi connectivity index (χ3n) is 6.36. The zero-order valence-corrected chi connectivity index (χ0v) is 16.8. The molecule has 3 aliphatic carbocycles. The first-order chi connectivity index (χ1) is 12.1. The van der Waals surface area contributed by atoms with Crippen LogP contribution in [-0.2, 0) is 18.7 Å². The van der Waals surface area contributed by atoms with Crippen molar-refractivity contribution in [2.75, 3.05) is 19.8 Å². The highest BCUT2D eigenvalue weighted by Gasteiger charge is 2.65. The third-order valence-corrected chi connectivity index (χ3v) is 10.4. The monoisotopic (exact) mass is 366 g/mol. The maximum atomic E-state index is 13.3. The smallest absolute Gasteiger partial charge is 0.373 e. The number of hydrogen-bond acceptors (Lipinski definition) is 3. The summed E-state index contributed by atoms with van der Waals surface area (Å²) in [4.78, 5) is 0. The second-order valence-electron chi connectivity index (χ2n) is 7.42. The summed E-state index contributed by atoms with van der Waals surface area (Å²) in [5.74, 6) is -0.156. The molecular weight excluding hydrogens is 335 g/mol. The summed E-state index contributed by atoms with van der Waals surface area (Å²) in [7, 11) is -2.71. The molecule has 2 bridgehead atoms. The van der Waals surface area contributed by atoms with Crippen molar-refractivity contribution in [1.29, 1.82) is 0 Å². The van der Waals surface area contributed by atoms with E-state index in [0.717, 1.165) is 38.5 Å². The SMILES string of the molecule is CCO[Si](OCC)(OCC)C12CCC(c3ccc(F)cc3)(CC1)CC2. The van der Waals surface area contributed by atoms with Gasteiger partial charge in [0.15, 0.2) is 0 Å². The summed E-state index contributed by atoms with van der Waals surface area (Å²) in [6.07, 6.45) is 6.58. The van der Waals surface area contributed by atoms with Crippen LogP contribution in [0, 0.1) is 5.82 Å². The van der Waals surface area contributed by atoms with Crippen LogP contribution < -0.4 is 0 Å². The number of benzene rings is 1. The highest BCUT2D eigenvalue weighted by Crippen LogP contribution is 2.65. The van der Waals surface area contributed by atoms with Crippen LogP contribution in [0.5, 0.6) is 0 Å². The van der Waals surface area contributed by atoms with Gasteiger partial charge in [-0.15, -0.1) is 0 Å². The van der Waals surface area contributed by atoms with Gasteiger partial charge in [-0.05, 0) is 82.4 Å². The van der Waals surface area contributed by atoms with Crippen LogP contribution in [0.4, 0.5) is 4.39 Å². The first-order valence-electron chi connectivity index (χ1n) is 9.73. The summed E-state index contributed by atoms with van der Waals surface area (Å²) >= 11 is 0. The van der Waals surface area contributed by atoms with E-state index < -0.39 is 8.80 Å². The molecule has 0 aliphatic heterocycles. The van der Waals surface area contributed by atoms with Crippen molar-refractivity contribution >= 4 is 8.80 Å². The third kappa shape index (κ3) is 3.20. The van der Waals surface area contributed by atoms with E-state index in [2.05, 4.69) is 0 Å². The minimum Gasteiger partial charge on any atom is -0.373 e. The fourth-order valence-corrected chi connectivity index (χ4v) is 8.64. The van der Waals surface area contributed by atoms with Crippen molar-refractivity contribution in [3.63, 3.8) is 0 Å². The average Bonchev–Trinajstić information content (AvgIpc) is 2.64. The quantitative estimate of drug-likeness (QED) is 0.590. The van der Waals surface area contributed by atoms with Crippen LogP contribution in [0.2, 0.25) is 5.04 Å². The van der Waals surface area contributed by atoms with Crippen molar-refractivity contribution in [2.24, 2.45) is 0 Å². The number of fused-ring (bicyclic) bond motifs is 3. The van der Waals surface area contributed by atoms with Crippen molar-refractivity contribution in [3.05, 3.63) is 35.6 Å². The van der Waals surface area contributed by atoms with Crippen molar-refractivity contribution in [3.8, 4) is 0 Å². The Balaban J connectivity index is 1.86. The van der Waals surface area contributed by atoms with Gasteiger partial charge in [-0.3, -0.25) is 0 Å². The number of hydrogen-bond donors (Lipinski definition) is 0. The van der Waals surface area contributed by atoms with E-state index >= 15 is 0 Å². The molecule has 3 nitrogen and oxygen atoms in total. The molecule has 4 rings (SSSR count). The van der Waals surface area contributed by atoms with Crippen LogP contribution in [0.15, 0.2) is 24.3 Å². The Morgan fingerprint density at radius 3 is 1.64 bits per heavy atom. The van der Waals surface area contributed by atoms with E-state index in [1.165, 1.54) is 5.56 Å². The van der Waals surface area contributed by atoms with Crippen LogP contribution in [0.25, 0.3) is 0 Å². The molecule has 1 aromatic rings. The number of rotatable bonds is 8. The van der Waals surface area contributed by atoms with Gasteiger partial charge in [0.05, 0.1) is 0 Å². The minimum absolute atomic E-state index is 0.0524. The van der Waals surface area contributed by atoms with Gasteiger partial charge < -0.3 is 13.3 Å². The van der Waals surface area contributed by atoms with Gasteiger partial charge in [0.1, 0.15) is 5.82 Å². The zero-order chi connectivity index (χ0) is 18.0. The largest absolute Gasteiger partial charge is 0.507 e. The first kappa shape index (κ1) is 19.0. The predicted octanol–water partition coefficient (Wildman–Crippen LogP) is 5.22. The first-order valence-corrected chi connectivity index (χ1v) is 11.5. The maximum Gasteiger partial charge on any atom is 0.507 e. The average molecular weight is 367 g/mol. The highest BCUT2D eigenvalue weighted by atomic mass is 28.4. The Hall–Kier alpha value is -0.753. The maximum absolute atomic E-state index is 13.3. The minimum atomic E-state index is -2.71. The van der Waals surface area contributed by atoms with Crippen molar-refractivity contribution in [1.82, 2.24) is 0 Å². The van der Waals surface area contributed by atoms with Crippen molar-refractivity contribution < 1.29 is 17.7 Å². The normalized spacial score (nSPS) is 29.1. The Morgan fingerprint density at radius 1 is 0.800 bits per heavy atom. The fraction of sp³-hybridized carbons (Fsp3) is 0.700. The molecule has 0 saturated heterocycles. The lowest BCUT2D eigenvalue weighted by molar-refractivity contribution is 0.00613. The highest BCUT2D eigenvalue weighted by molar-refractivity contribution is 6.64. The van der Waals surface area contributed by atoms with Gasteiger partial charge >= 0.3 is 8.80 Å². The second kappa shape index (κ2) is 7.47. The zero-order valence-electron chi connectivity index (χ0n) is 15.8. The van der Waals surface area contributed by atoms with Crippen LogP contribution in [0.1, 0.15) is 64.9 Å². The Morgan fingerprint density at radius 2 is 1.24 bits per heavy atom. The van der Waals surface area contributed by atoms with Crippen LogP contribution >= 0.6 is 0 Å². The molecule has 3 saturated carbocycles. The molecular formula is C20H31FO3Si. The molecule has 0 amide bonds. The molecule has 0 radical (unpaired) electrons. The lowest BCUT2D eigenvalue weighted by atomic mass is 9.57. The molecule has 0 aromatic heterocycles. The summed E-state index contributed by atoms with van der Waals surface area (Å²) < 4.78 is 32.1. The molecule has 0 atom stereocenters. The van der Waals surface area contributed by atoms with Gasteiger partial charge in [0.25, 0.3) is 0 Å². The van der Waals surface area contributed by atoms with E-state index in [0.29, 0.717) is 19.8 Å². The molecule has 140 valence electrons. The standard InChI is InChI=1S/C20H31FO3Si/c1-4-22-25(23-5-2,24-6-3)20-14-11-19(12-15-20,13-16-20)17-7-9-18(21)10-8-17/h7-10H,4-6,11-16H2,1-3H3. The Bertz CT molecular complexity index is 533. The van der Waals surface area contributed by atoms with Gasteiger partial charge in [0.2, 0.25) is 0 Å². The molecule has 0 spiro atoms. The van der Waals surface area contributed by atoms with Crippen LogP contribution in [0.3, 0.4) is 0 Å². The predicted molar refractivity (Wildman–Crippen MR) is 99.1 cm³/mol. The van der Waals surface area contributed by atoms with E-state index in [9.17, 15) is 4.39 Å². The topological polar surface area (TPSA) is 27.7 Å². The van der Waals surface area contributed by atoms with E-state index in [1.807, 2.05) is 32.9 Å². The van der Waals surface area contributed by atoms with Crippen LogP contribution in [-0.4, -0.2) is 28.6 Å². The molecule has 0 N–H and O–H groups in total. The Kier molecular flexibility index (Phi) is 5.68. The molecule has 1 aromatic carbocycles. The molecule has 0 heterocycles. The summed E-state index contributed by atoms with van der Waals surface area (Å²) in [6, 6.07) is 7.15. The lowest BCUT2D eigenvalue weighted by Gasteiger charge is -2.57. The Labute approximate surface area is 152 Å². The van der Waals surface area contributed by atoms with E-state index in [4.69, 9.17) is 13.3 Å². The van der Waals surface area contributed by atoms with Gasteiger partial charge in [0, 0.05) is 24.9 Å². The fourth-order valence-electron chi connectivity index (χ4n) is 5.04. The molecule has 3 aliphatic rings. The van der Waals surface area contributed by atoms with Crippen molar-refractivity contribution in [2.45, 2.75) is 69.7 Å². The molecule has 5 heteroatoms. The molecule has 0 unspecified atom stereocenters. The molecule has 3 fully saturated rings. The van der Waals surface area contributed by atoms with Gasteiger partial charge in [-0.25, -0.2) is 4.39 Å². The van der Waals surface area contributed by atoms with Gasteiger partial charge in [-0.1, -0.05) is 12.1 Å². The van der Waals surface area contributed by atoms with E-state index in [1.54, 1.807) is 12.1 Å². The lowest BCUT2D eigenvalue weighted by Crippen LogP contribution is -2.61. The summed E-state index contributed by atoms with van der Waals surface area (Å²) in [5.41, 5.74) is 1.49. The summed E-state index contributed by atoms with van der Waals surface area (Å²) in [5, 5.41) is 0.0524. The van der Waals surface area contributed by atoms with Gasteiger partial charge in [-0.2, -0.15) is 0 Å². The number of halogens is 1.